The molecule has 0 spiro atoms. The molecule has 3 N–H and O–H groups in total. The molecule has 1 aliphatic heterocycles. The molecule has 1 aliphatic rings. The number of nitrogens with two attached hydrogens (primary N) is 1. The molecule has 1 unspecified atom stereocenters. The third-order valence-corrected chi connectivity index (χ3v) is 5.95. The number of halogens is 1. The zero-order valence-electron chi connectivity index (χ0n) is 17.5. The van der Waals surface area contributed by atoms with Crippen molar-refractivity contribution in [3.05, 3.63) is 84.0 Å². The molecule has 1 aromatic carbocycles. The first-order chi connectivity index (χ1) is 16.0. The Morgan fingerprint density at radius 1 is 1.15 bits per heavy atom. The van der Waals surface area contributed by atoms with Crippen LogP contribution in [-0.2, 0) is 12.1 Å². The lowest BCUT2D eigenvalue weighted by molar-refractivity contribution is 0.0231. The maximum atomic E-state index is 14.4. The molecule has 168 valence electrons. The lowest BCUT2D eigenvalue weighted by Crippen LogP contribution is -2.64. The topological polar surface area (TPSA) is 126 Å². The molecule has 0 aliphatic carbocycles. The molecule has 5 rings (SSSR count). The molecule has 0 radical (unpaired) electrons. The van der Waals surface area contributed by atoms with Gasteiger partial charge in [0.1, 0.15) is 23.4 Å². The maximum absolute atomic E-state index is 14.4. The summed E-state index contributed by atoms with van der Waals surface area (Å²) in [4.78, 5) is 26.5. The summed E-state index contributed by atoms with van der Waals surface area (Å²) in [6.07, 6.45) is 5.02. The predicted molar refractivity (Wildman–Crippen MR) is 116 cm³/mol. The molecule has 10 nitrogen and oxygen atoms in total. The van der Waals surface area contributed by atoms with Crippen LogP contribution in [0.1, 0.15) is 16.8 Å². The van der Waals surface area contributed by atoms with Crippen molar-refractivity contribution < 1.29 is 14.3 Å². The van der Waals surface area contributed by atoms with Crippen molar-refractivity contribution in [2.75, 3.05) is 19.6 Å². The van der Waals surface area contributed by atoms with Gasteiger partial charge in [-0.15, -0.1) is 0 Å². The zero-order chi connectivity index (χ0) is 23.0. The summed E-state index contributed by atoms with van der Waals surface area (Å²) in [5, 5.41) is 17.2. The quantitative estimate of drug-likeness (QED) is 0.453. The van der Waals surface area contributed by atoms with Crippen LogP contribution in [0, 0.1) is 5.82 Å². The van der Waals surface area contributed by atoms with Gasteiger partial charge in [0.15, 0.2) is 5.65 Å². The molecule has 1 atom stereocenters. The highest BCUT2D eigenvalue weighted by Crippen LogP contribution is 2.40. The fourth-order valence-corrected chi connectivity index (χ4v) is 4.45. The van der Waals surface area contributed by atoms with E-state index in [0.717, 1.165) is 0 Å². The summed E-state index contributed by atoms with van der Waals surface area (Å²) in [7, 11) is 0. The molecule has 4 heterocycles. The number of aromatic nitrogens is 5. The molecule has 4 aromatic rings. The van der Waals surface area contributed by atoms with Crippen LogP contribution in [0.15, 0.2) is 61.3 Å². The molecule has 1 amide bonds. The number of fused-ring (bicyclic) bond motifs is 1. The van der Waals surface area contributed by atoms with E-state index in [9.17, 15) is 14.3 Å². The van der Waals surface area contributed by atoms with Crippen molar-refractivity contribution in [1.82, 2.24) is 34.6 Å². The van der Waals surface area contributed by atoms with Crippen LogP contribution in [0.5, 0.6) is 0 Å². The van der Waals surface area contributed by atoms with E-state index < -0.39 is 11.6 Å². The molecular weight excluding hydrogens is 427 g/mol. The van der Waals surface area contributed by atoms with Gasteiger partial charge in [-0.05, 0) is 18.2 Å². The molecule has 0 bridgehead atoms. The first-order valence-corrected chi connectivity index (χ1v) is 10.3. The molecule has 33 heavy (non-hydrogen) atoms. The van der Waals surface area contributed by atoms with Crippen molar-refractivity contribution in [2.24, 2.45) is 5.84 Å². The van der Waals surface area contributed by atoms with E-state index in [-0.39, 0.29) is 25.5 Å². The molecule has 1 saturated heterocycles. The first-order valence-electron chi connectivity index (χ1n) is 10.3. The van der Waals surface area contributed by atoms with Gasteiger partial charge in [0.05, 0.1) is 6.54 Å². The highest BCUT2D eigenvalue weighted by atomic mass is 19.1. The number of nitrogens with zero attached hydrogens (tertiary/aromatic N) is 7. The number of piperazine rings is 1. The van der Waals surface area contributed by atoms with Crippen LogP contribution in [0.25, 0.3) is 11.0 Å². The van der Waals surface area contributed by atoms with E-state index in [2.05, 4.69) is 15.0 Å². The Labute approximate surface area is 188 Å². The Morgan fingerprint density at radius 3 is 2.70 bits per heavy atom. The number of hydrazine groups is 1. The second-order valence-electron chi connectivity index (χ2n) is 7.86. The van der Waals surface area contributed by atoms with Gasteiger partial charge in [-0.1, -0.05) is 18.2 Å². The summed E-state index contributed by atoms with van der Waals surface area (Å²) in [5.41, 5.74) is 0.627. The first kappa shape index (κ1) is 20.9. The molecule has 11 heteroatoms. The number of benzene rings is 1. The fraction of sp³-hybridized carbons (Fsp3) is 0.227. The zero-order valence-corrected chi connectivity index (χ0v) is 17.5. The van der Waals surface area contributed by atoms with E-state index in [1.807, 2.05) is 6.07 Å². The van der Waals surface area contributed by atoms with E-state index in [1.54, 1.807) is 52.5 Å². The van der Waals surface area contributed by atoms with Crippen molar-refractivity contribution in [3.8, 4) is 0 Å². The number of amides is 1. The Bertz CT molecular complexity index is 1310. The highest BCUT2D eigenvalue weighted by molar-refractivity contribution is 5.81. The largest absolute Gasteiger partial charge is 0.465 e. The van der Waals surface area contributed by atoms with Crippen LogP contribution in [0.2, 0.25) is 0 Å². The number of hydrogen-bond acceptors (Lipinski definition) is 7. The summed E-state index contributed by atoms with van der Waals surface area (Å²) in [6, 6.07) is 10.0. The fourth-order valence-electron chi connectivity index (χ4n) is 4.45. The normalized spacial score (nSPS) is 19.2. The second-order valence-corrected chi connectivity index (χ2v) is 7.86. The Kier molecular flexibility index (Phi) is 5.19. The molecule has 1 fully saturated rings. The van der Waals surface area contributed by atoms with Crippen molar-refractivity contribution in [3.63, 3.8) is 0 Å². The smallest absolute Gasteiger partial charge is 0.408 e. The van der Waals surface area contributed by atoms with Gasteiger partial charge < -0.3 is 5.11 Å². The van der Waals surface area contributed by atoms with Crippen LogP contribution in [0.4, 0.5) is 9.18 Å². The van der Waals surface area contributed by atoms with E-state index in [4.69, 9.17) is 10.9 Å². The number of rotatable bonds is 4. The minimum Gasteiger partial charge on any atom is -0.465 e. The Hall–Kier alpha value is -3.96. The van der Waals surface area contributed by atoms with Crippen LogP contribution in [-0.4, -0.2) is 65.5 Å². The number of pyridine rings is 1. The lowest BCUT2D eigenvalue weighted by atomic mass is 9.83. The standard InChI is InChI=1S/C22H21FN8O2/c23-18-6-2-1-4-15(18)12-31-20-17(5-3-7-27-20)19(28-31)22(16-10-25-14-26-11-16)13-29(24)8-9-30(22)21(32)33/h1-7,10-11,14H,8-9,12-13,24H2,(H,32,33). The predicted octanol–water partition coefficient (Wildman–Crippen LogP) is 1.82. The molecule has 0 saturated carbocycles. The average Bonchev–Trinajstić information content (AvgIpc) is 3.19. The summed E-state index contributed by atoms with van der Waals surface area (Å²) in [5.74, 6) is 5.86. The third kappa shape index (κ3) is 3.47. The minimum atomic E-state index is -1.29. The summed E-state index contributed by atoms with van der Waals surface area (Å²) >= 11 is 0. The van der Waals surface area contributed by atoms with Crippen molar-refractivity contribution >= 4 is 17.1 Å². The van der Waals surface area contributed by atoms with Gasteiger partial charge in [-0.25, -0.2) is 33.8 Å². The Balaban J connectivity index is 1.77. The average molecular weight is 448 g/mol. The monoisotopic (exact) mass is 448 g/mol. The van der Waals surface area contributed by atoms with E-state index in [1.165, 1.54) is 17.3 Å². The van der Waals surface area contributed by atoms with Crippen LogP contribution >= 0.6 is 0 Å². The van der Waals surface area contributed by atoms with E-state index in [0.29, 0.717) is 34.4 Å². The second kappa shape index (κ2) is 8.19. The summed E-state index contributed by atoms with van der Waals surface area (Å²) in [6.45, 7) is 0.769. The van der Waals surface area contributed by atoms with Crippen molar-refractivity contribution in [2.45, 2.75) is 12.1 Å². The van der Waals surface area contributed by atoms with Crippen LogP contribution < -0.4 is 5.84 Å². The Morgan fingerprint density at radius 2 is 1.94 bits per heavy atom. The van der Waals surface area contributed by atoms with Gasteiger partial charge in [-0.2, -0.15) is 5.10 Å². The summed E-state index contributed by atoms with van der Waals surface area (Å²) < 4.78 is 16.0. The van der Waals surface area contributed by atoms with Gasteiger partial charge >= 0.3 is 6.09 Å². The van der Waals surface area contributed by atoms with Crippen LogP contribution in [0.3, 0.4) is 0 Å². The number of carbonyl (C=O) groups is 1. The van der Waals surface area contributed by atoms with Gasteiger partial charge in [0, 0.05) is 54.7 Å². The minimum absolute atomic E-state index is 0.126. The number of carboxylic acid groups (broad SMARTS) is 1. The third-order valence-electron chi connectivity index (χ3n) is 5.95. The van der Waals surface area contributed by atoms with Gasteiger partial charge in [0.25, 0.3) is 0 Å². The maximum Gasteiger partial charge on any atom is 0.408 e. The molecular formula is C22H21FN8O2. The number of hydrogen-bond donors (Lipinski definition) is 2. The van der Waals surface area contributed by atoms with E-state index >= 15 is 0 Å². The lowest BCUT2D eigenvalue weighted by Gasteiger charge is -2.47. The van der Waals surface area contributed by atoms with Gasteiger partial charge in [0.2, 0.25) is 0 Å². The molecule has 3 aromatic heterocycles. The highest BCUT2D eigenvalue weighted by Gasteiger charge is 2.50. The van der Waals surface area contributed by atoms with Crippen molar-refractivity contribution in [1.29, 1.82) is 0 Å². The van der Waals surface area contributed by atoms with Gasteiger partial charge in [-0.3, -0.25) is 10.7 Å². The SMILES string of the molecule is NN1CCN(C(=O)O)C(c2cncnc2)(c2nn(Cc3ccccc3F)c3ncccc23)C1.